The minimum atomic E-state index is -0.00739. The summed E-state index contributed by atoms with van der Waals surface area (Å²) in [6.07, 6.45) is 4.01. The second-order valence-corrected chi connectivity index (χ2v) is 7.21. The predicted molar refractivity (Wildman–Crippen MR) is 94.4 cm³/mol. The van der Waals surface area contributed by atoms with E-state index >= 15 is 0 Å². The number of aryl methyl sites for hydroxylation is 1. The zero-order valence-electron chi connectivity index (χ0n) is 12.7. The Hall–Kier alpha value is -2.12. The maximum absolute atomic E-state index is 12.5. The van der Waals surface area contributed by atoms with Crippen LogP contribution < -0.4 is 5.56 Å². The van der Waals surface area contributed by atoms with Gasteiger partial charge in [0.05, 0.1) is 16.6 Å². The molecule has 0 aliphatic heterocycles. The molecule has 4 aromatic rings. The van der Waals surface area contributed by atoms with Crippen LogP contribution in [0.2, 0.25) is 0 Å². The van der Waals surface area contributed by atoms with Crippen molar-refractivity contribution in [3.63, 3.8) is 0 Å². The van der Waals surface area contributed by atoms with Crippen LogP contribution in [0.25, 0.3) is 15.9 Å². The van der Waals surface area contributed by atoms with Crippen molar-refractivity contribution in [3.05, 3.63) is 57.6 Å². The lowest BCUT2D eigenvalue weighted by atomic mass is 10.2. The van der Waals surface area contributed by atoms with Crippen molar-refractivity contribution in [2.24, 2.45) is 7.05 Å². The van der Waals surface area contributed by atoms with E-state index in [1.54, 1.807) is 23.0 Å². The van der Waals surface area contributed by atoms with Gasteiger partial charge in [0.2, 0.25) is 0 Å². The quantitative estimate of drug-likeness (QED) is 0.424. The van der Waals surface area contributed by atoms with Crippen LogP contribution in [0.4, 0.5) is 0 Å². The summed E-state index contributed by atoms with van der Waals surface area (Å²) in [5.41, 5.74) is 2.79. The normalized spacial score (nSPS) is 11.6. The van der Waals surface area contributed by atoms with Crippen molar-refractivity contribution in [3.8, 4) is 0 Å². The average Bonchev–Trinajstić information content (AvgIpc) is 3.11. The third kappa shape index (κ3) is 2.55. The van der Waals surface area contributed by atoms with Crippen LogP contribution in [0.15, 0.2) is 45.9 Å². The van der Waals surface area contributed by atoms with Gasteiger partial charge in [-0.1, -0.05) is 23.4 Å². The zero-order chi connectivity index (χ0) is 16.0. The minimum Gasteiger partial charge on any atom is -0.297 e. The van der Waals surface area contributed by atoms with Gasteiger partial charge in [-0.2, -0.15) is 0 Å². The number of thioether (sulfide) groups is 1. The van der Waals surface area contributed by atoms with Gasteiger partial charge < -0.3 is 0 Å². The molecular formula is C16H14N4OS2. The Morgan fingerprint density at radius 3 is 3.00 bits per heavy atom. The lowest BCUT2D eigenvalue weighted by molar-refractivity contribution is 0.726. The summed E-state index contributed by atoms with van der Waals surface area (Å²) < 4.78 is 3.63. The maximum Gasteiger partial charge on any atom is 0.261 e. The molecule has 0 radical (unpaired) electrons. The summed E-state index contributed by atoms with van der Waals surface area (Å²) in [5, 5.41) is 3.39. The van der Waals surface area contributed by atoms with E-state index in [1.807, 2.05) is 47.3 Å². The first-order valence-corrected chi connectivity index (χ1v) is 8.99. The number of aromatic nitrogens is 4. The standard InChI is InChI=1S/C16H14N4OS2/c1-10-3-4-13-12(7-10)14(21)19(2)15(18-13)23-9-11-8-20-5-6-22-16(20)17-11/h3-8H,9H2,1-2H3. The van der Waals surface area contributed by atoms with E-state index in [9.17, 15) is 4.79 Å². The van der Waals surface area contributed by atoms with Gasteiger partial charge in [0.1, 0.15) is 0 Å². The Morgan fingerprint density at radius 1 is 1.30 bits per heavy atom. The molecule has 3 aromatic heterocycles. The van der Waals surface area contributed by atoms with E-state index in [4.69, 9.17) is 0 Å². The van der Waals surface area contributed by atoms with E-state index in [1.165, 1.54) is 11.8 Å². The van der Waals surface area contributed by atoms with Crippen LogP contribution in [-0.4, -0.2) is 18.9 Å². The zero-order valence-corrected chi connectivity index (χ0v) is 14.3. The highest BCUT2D eigenvalue weighted by molar-refractivity contribution is 7.98. The van der Waals surface area contributed by atoms with Crippen LogP contribution in [0, 0.1) is 6.92 Å². The highest BCUT2D eigenvalue weighted by Gasteiger charge is 2.10. The van der Waals surface area contributed by atoms with E-state index in [0.29, 0.717) is 16.3 Å². The first-order chi connectivity index (χ1) is 11.1. The smallest absolute Gasteiger partial charge is 0.261 e. The molecule has 0 N–H and O–H groups in total. The second kappa shape index (κ2) is 5.50. The second-order valence-electron chi connectivity index (χ2n) is 5.39. The Bertz CT molecular complexity index is 1050. The number of benzene rings is 1. The third-order valence-corrected chi connectivity index (χ3v) is 5.52. The molecule has 23 heavy (non-hydrogen) atoms. The third-order valence-electron chi connectivity index (χ3n) is 3.68. The number of thiazole rings is 1. The highest BCUT2D eigenvalue weighted by atomic mass is 32.2. The SMILES string of the molecule is Cc1ccc2nc(SCc3cn4ccsc4n3)n(C)c(=O)c2c1. The molecule has 116 valence electrons. The lowest BCUT2D eigenvalue weighted by Crippen LogP contribution is -2.20. The van der Waals surface area contributed by atoms with Crippen molar-refractivity contribution >= 4 is 39.0 Å². The Labute approximate surface area is 140 Å². The first kappa shape index (κ1) is 14.5. The van der Waals surface area contributed by atoms with Crippen LogP contribution in [0.1, 0.15) is 11.3 Å². The number of nitrogens with zero attached hydrogens (tertiary/aromatic N) is 4. The largest absolute Gasteiger partial charge is 0.297 e. The van der Waals surface area contributed by atoms with Crippen LogP contribution in [0.5, 0.6) is 0 Å². The molecule has 0 spiro atoms. The Kier molecular flexibility index (Phi) is 3.46. The highest BCUT2D eigenvalue weighted by Crippen LogP contribution is 2.22. The minimum absolute atomic E-state index is 0.00739. The van der Waals surface area contributed by atoms with Crippen molar-refractivity contribution in [1.82, 2.24) is 18.9 Å². The number of rotatable bonds is 3. The Balaban J connectivity index is 1.68. The molecule has 0 unspecified atom stereocenters. The molecule has 0 aliphatic carbocycles. The van der Waals surface area contributed by atoms with Gasteiger partial charge in [-0.25, -0.2) is 9.97 Å². The van der Waals surface area contributed by atoms with Gasteiger partial charge in [-0.05, 0) is 19.1 Å². The van der Waals surface area contributed by atoms with E-state index < -0.39 is 0 Å². The first-order valence-electron chi connectivity index (χ1n) is 7.13. The van der Waals surface area contributed by atoms with E-state index in [-0.39, 0.29) is 5.56 Å². The molecular weight excluding hydrogens is 328 g/mol. The molecule has 0 saturated heterocycles. The van der Waals surface area contributed by atoms with Crippen LogP contribution in [0.3, 0.4) is 0 Å². The van der Waals surface area contributed by atoms with Crippen molar-refractivity contribution in [1.29, 1.82) is 0 Å². The number of imidazole rings is 1. The summed E-state index contributed by atoms with van der Waals surface area (Å²) >= 11 is 3.14. The Morgan fingerprint density at radius 2 is 2.17 bits per heavy atom. The molecule has 0 fully saturated rings. The topological polar surface area (TPSA) is 52.2 Å². The molecule has 1 aromatic carbocycles. The fourth-order valence-electron chi connectivity index (χ4n) is 2.48. The van der Waals surface area contributed by atoms with Crippen molar-refractivity contribution < 1.29 is 0 Å². The van der Waals surface area contributed by atoms with Gasteiger partial charge in [0.15, 0.2) is 10.1 Å². The molecule has 0 bridgehead atoms. The molecule has 0 saturated carbocycles. The molecule has 0 atom stereocenters. The summed E-state index contributed by atoms with van der Waals surface area (Å²) in [5.74, 6) is 0.687. The fourth-order valence-corrected chi connectivity index (χ4v) is 4.05. The van der Waals surface area contributed by atoms with Crippen LogP contribution >= 0.6 is 23.1 Å². The molecule has 5 nitrogen and oxygen atoms in total. The molecule has 0 aliphatic rings. The van der Waals surface area contributed by atoms with Gasteiger partial charge in [-0.15, -0.1) is 11.3 Å². The molecule has 0 amide bonds. The van der Waals surface area contributed by atoms with Crippen LogP contribution in [-0.2, 0) is 12.8 Å². The number of hydrogen-bond acceptors (Lipinski definition) is 5. The number of fused-ring (bicyclic) bond motifs is 2. The van der Waals surface area contributed by atoms with Gasteiger partial charge in [0.25, 0.3) is 5.56 Å². The summed E-state index contributed by atoms with van der Waals surface area (Å²) in [7, 11) is 1.77. The molecule has 7 heteroatoms. The summed E-state index contributed by atoms with van der Waals surface area (Å²) in [6.45, 7) is 1.98. The molecule has 3 heterocycles. The van der Waals surface area contributed by atoms with Crippen molar-refractivity contribution in [2.45, 2.75) is 17.8 Å². The maximum atomic E-state index is 12.5. The van der Waals surface area contributed by atoms with Crippen molar-refractivity contribution in [2.75, 3.05) is 0 Å². The predicted octanol–water partition coefficient (Wildman–Crippen LogP) is 3.24. The van der Waals surface area contributed by atoms with Gasteiger partial charge in [-0.3, -0.25) is 13.8 Å². The number of hydrogen-bond donors (Lipinski definition) is 0. The fraction of sp³-hybridized carbons (Fsp3) is 0.188. The van der Waals surface area contributed by atoms with Gasteiger partial charge in [0, 0.05) is 30.6 Å². The average molecular weight is 342 g/mol. The summed E-state index contributed by atoms with van der Waals surface area (Å²) in [6, 6.07) is 5.78. The lowest BCUT2D eigenvalue weighted by Gasteiger charge is -2.08. The monoisotopic (exact) mass is 342 g/mol. The summed E-state index contributed by atoms with van der Waals surface area (Å²) in [4.78, 5) is 22.7. The van der Waals surface area contributed by atoms with E-state index in [0.717, 1.165) is 21.7 Å². The van der Waals surface area contributed by atoms with E-state index in [2.05, 4.69) is 9.97 Å². The van der Waals surface area contributed by atoms with Gasteiger partial charge >= 0.3 is 0 Å². The molecule has 4 rings (SSSR count).